The number of nitrogens with one attached hydrogen (secondary N) is 1. The number of anilines is 1. The van der Waals surface area contributed by atoms with Crippen LogP contribution in [0, 0.1) is 13.8 Å². The molecule has 1 aromatic heterocycles. The third kappa shape index (κ3) is 2.59. The second-order valence-corrected chi connectivity index (χ2v) is 5.68. The molecule has 0 radical (unpaired) electrons. The molecular weight excluding hydrogens is 256 g/mol. The molecule has 1 aromatic carbocycles. The van der Waals surface area contributed by atoms with Crippen molar-refractivity contribution in [3.05, 3.63) is 57.9 Å². The smallest absolute Gasteiger partial charge is 0.0606 e. The number of aromatic nitrogens is 1. The minimum absolute atomic E-state index is 0.441. The lowest BCUT2D eigenvalue weighted by atomic mass is 10.1. The standard InChI is InChI=1S/C16H17ClN2/c1-10-3-6-16(11(2)18-10)19-15-8-12-4-5-14(17)7-13(12)9-15/h3-7,15,19H,8-9H2,1-2H3. The molecule has 0 bridgehead atoms. The van der Waals surface area contributed by atoms with Crippen molar-refractivity contribution < 1.29 is 0 Å². The topological polar surface area (TPSA) is 24.9 Å². The molecule has 2 aromatic rings. The maximum absolute atomic E-state index is 6.04. The van der Waals surface area contributed by atoms with Gasteiger partial charge in [-0.05, 0) is 62.1 Å². The predicted octanol–water partition coefficient (Wildman–Crippen LogP) is 3.93. The lowest BCUT2D eigenvalue weighted by Gasteiger charge is -2.15. The summed E-state index contributed by atoms with van der Waals surface area (Å²) in [6.45, 7) is 4.07. The second-order valence-electron chi connectivity index (χ2n) is 5.25. The summed E-state index contributed by atoms with van der Waals surface area (Å²) < 4.78 is 0. The fourth-order valence-corrected chi connectivity index (χ4v) is 2.94. The van der Waals surface area contributed by atoms with Crippen molar-refractivity contribution in [2.24, 2.45) is 0 Å². The summed E-state index contributed by atoms with van der Waals surface area (Å²) in [4.78, 5) is 4.50. The monoisotopic (exact) mass is 272 g/mol. The summed E-state index contributed by atoms with van der Waals surface area (Å²) in [5.41, 5.74) is 6.02. The van der Waals surface area contributed by atoms with Gasteiger partial charge in [0.2, 0.25) is 0 Å². The van der Waals surface area contributed by atoms with Gasteiger partial charge in [-0.3, -0.25) is 4.98 Å². The van der Waals surface area contributed by atoms with Crippen LogP contribution in [0.5, 0.6) is 0 Å². The lowest BCUT2D eigenvalue weighted by Crippen LogP contribution is -2.20. The van der Waals surface area contributed by atoms with Gasteiger partial charge in [0.15, 0.2) is 0 Å². The minimum atomic E-state index is 0.441. The zero-order chi connectivity index (χ0) is 13.4. The van der Waals surface area contributed by atoms with Crippen molar-refractivity contribution in [1.29, 1.82) is 0 Å². The number of aryl methyl sites for hydroxylation is 2. The first-order chi connectivity index (χ1) is 9.11. The van der Waals surface area contributed by atoms with E-state index in [1.165, 1.54) is 11.1 Å². The summed E-state index contributed by atoms with van der Waals surface area (Å²) in [5.74, 6) is 0. The van der Waals surface area contributed by atoms with Crippen molar-refractivity contribution in [3.63, 3.8) is 0 Å². The lowest BCUT2D eigenvalue weighted by molar-refractivity contribution is 0.771. The van der Waals surface area contributed by atoms with Gasteiger partial charge in [-0.15, -0.1) is 0 Å². The molecule has 1 unspecified atom stereocenters. The highest BCUT2D eigenvalue weighted by molar-refractivity contribution is 6.30. The van der Waals surface area contributed by atoms with Crippen LogP contribution in [0.2, 0.25) is 5.02 Å². The Bertz CT molecular complexity index is 622. The van der Waals surface area contributed by atoms with E-state index in [1.54, 1.807) is 0 Å². The molecule has 1 atom stereocenters. The Morgan fingerprint density at radius 1 is 1.11 bits per heavy atom. The maximum atomic E-state index is 6.04. The number of nitrogens with zero attached hydrogens (tertiary/aromatic N) is 1. The van der Waals surface area contributed by atoms with E-state index < -0.39 is 0 Å². The van der Waals surface area contributed by atoms with Gasteiger partial charge in [-0.2, -0.15) is 0 Å². The van der Waals surface area contributed by atoms with Crippen molar-refractivity contribution in [3.8, 4) is 0 Å². The van der Waals surface area contributed by atoms with Crippen molar-refractivity contribution in [1.82, 2.24) is 4.98 Å². The number of rotatable bonds is 2. The maximum Gasteiger partial charge on any atom is 0.0606 e. The van der Waals surface area contributed by atoms with E-state index in [2.05, 4.69) is 28.5 Å². The number of benzene rings is 1. The molecular formula is C16H17ClN2. The SMILES string of the molecule is Cc1ccc(NC2Cc3ccc(Cl)cc3C2)c(C)n1. The normalized spacial score (nSPS) is 17.3. The number of fused-ring (bicyclic) bond motifs is 1. The van der Waals surface area contributed by atoms with Crippen LogP contribution in [-0.2, 0) is 12.8 Å². The van der Waals surface area contributed by atoms with E-state index >= 15 is 0 Å². The third-order valence-electron chi connectivity index (χ3n) is 3.69. The zero-order valence-electron chi connectivity index (χ0n) is 11.2. The van der Waals surface area contributed by atoms with Crippen LogP contribution in [0.4, 0.5) is 5.69 Å². The van der Waals surface area contributed by atoms with Crippen LogP contribution in [0.3, 0.4) is 0 Å². The van der Waals surface area contributed by atoms with Crippen LogP contribution in [0.15, 0.2) is 30.3 Å². The van der Waals surface area contributed by atoms with E-state index in [0.717, 1.165) is 34.9 Å². The van der Waals surface area contributed by atoms with E-state index in [-0.39, 0.29) is 0 Å². The van der Waals surface area contributed by atoms with Crippen LogP contribution >= 0.6 is 11.6 Å². The van der Waals surface area contributed by atoms with E-state index in [1.807, 2.05) is 26.0 Å². The van der Waals surface area contributed by atoms with Crippen LogP contribution in [-0.4, -0.2) is 11.0 Å². The molecule has 0 fully saturated rings. The molecule has 0 saturated carbocycles. The number of hydrogen-bond donors (Lipinski definition) is 1. The molecule has 2 nitrogen and oxygen atoms in total. The summed E-state index contributed by atoms with van der Waals surface area (Å²) in [5, 5.41) is 4.42. The highest BCUT2D eigenvalue weighted by atomic mass is 35.5. The van der Waals surface area contributed by atoms with E-state index in [0.29, 0.717) is 6.04 Å². The van der Waals surface area contributed by atoms with Crippen molar-refractivity contribution >= 4 is 17.3 Å². The Balaban J connectivity index is 1.77. The third-order valence-corrected chi connectivity index (χ3v) is 3.92. The highest BCUT2D eigenvalue weighted by Gasteiger charge is 2.21. The molecule has 1 heterocycles. The Labute approximate surface area is 118 Å². The first-order valence-corrected chi connectivity index (χ1v) is 6.98. The second kappa shape index (κ2) is 4.86. The summed E-state index contributed by atoms with van der Waals surface area (Å²) >= 11 is 6.04. The van der Waals surface area contributed by atoms with Crippen LogP contribution < -0.4 is 5.32 Å². The van der Waals surface area contributed by atoms with Crippen LogP contribution in [0.1, 0.15) is 22.5 Å². The Hall–Kier alpha value is -1.54. The summed E-state index contributed by atoms with van der Waals surface area (Å²) in [6.07, 6.45) is 2.09. The summed E-state index contributed by atoms with van der Waals surface area (Å²) in [7, 11) is 0. The Kier molecular flexibility index (Phi) is 3.19. The van der Waals surface area contributed by atoms with Gasteiger partial charge in [0.25, 0.3) is 0 Å². The first kappa shape index (κ1) is 12.5. The molecule has 1 aliphatic carbocycles. The molecule has 98 valence electrons. The van der Waals surface area contributed by atoms with Gasteiger partial charge < -0.3 is 5.32 Å². The predicted molar refractivity (Wildman–Crippen MR) is 80.0 cm³/mol. The quantitative estimate of drug-likeness (QED) is 0.896. The van der Waals surface area contributed by atoms with Gasteiger partial charge >= 0.3 is 0 Å². The van der Waals surface area contributed by atoms with Gasteiger partial charge in [0.1, 0.15) is 0 Å². The average molecular weight is 273 g/mol. The Morgan fingerprint density at radius 3 is 2.68 bits per heavy atom. The van der Waals surface area contributed by atoms with Gasteiger partial charge in [0, 0.05) is 16.8 Å². The molecule has 0 aliphatic heterocycles. The molecule has 1 aliphatic rings. The van der Waals surface area contributed by atoms with E-state index in [9.17, 15) is 0 Å². The molecule has 0 amide bonds. The van der Waals surface area contributed by atoms with Gasteiger partial charge in [0.05, 0.1) is 11.4 Å². The first-order valence-electron chi connectivity index (χ1n) is 6.60. The largest absolute Gasteiger partial charge is 0.380 e. The van der Waals surface area contributed by atoms with E-state index in [4.69, 9.17) is 11.6 Å². The minimum Gasteiger partial charge on any atom is -0.380 e. The summed E-state index contributed by atoms with van der Waals surface area (Å²) in [6, 6.07) is 10.8. The number of pyridine rings is 1. The fourth-order valence-electron chi connectivity index (χ4n) is 2.75. The molecule has 19 heavy (non-hydrogen) atoms. The molecule has 0 spiro atoms. The molecule has 3 heteroatoms. The van der Waals surface area contributed by atoms with Gasteiger partial charge in [-0.25, -0.2) is 0 Å². The fraction of sp³-hybridized carbons (Fsp3) is 0.312. The molecule has 0 saturated heterocycles. The molecule has 1 N–H and O–H groups in total. The number of hydrogen-bond acceptors (Lipinski definition) is 2. The van der Waals surface area contributed by atoms with Gasteiger partial charge in [-0.1, -0.05) is 17.7 Å². The zero-order valence-corrected chi connectivity index (χ0v) is 12.0. The highest BCUT2D eigenvalue weighted by Crippen LogP contribution is 2.27. The van der Waals surface area contributed by atoms with Crippen molar-refractivity contribution in [2.75, 3.05) is 5.32 Å². The van der Waals surface area contributed by atoms with Crippen molar-refractivity contribution in [2.45, 2.75) is 32.7 Å². The average Bonchev–Trinajstić information content (AvgIpc) is 2.74. The molecule has 3 rings (SSSR count). The Morgan fingerprint density at radius 2 is 1.89 bits per heavy atom. The number of halogens is 1. The van der Waals surface area contributed by atoms with Crippen LogP contribution in [0.25, 0.3) is 0 Å².